The van der Waals surface area contributed by atoms with Crippen molar-refractivity contribution in [3.8, 4) is 0 Å². The van der Waals surface area contributed by atoms with Gasteiger partial charge in [0, 0.05) is 13.5 Å². The average molecular weight is 251 g/mol. The Labute approximate surface area is 113 Å². The summed E-state index contributed by atoms with van der Waals surface area (Å²) in [5.41, 5.74) is 3.33. The minimum Gasteiger partial charge on any atom is -0.359 e. The van der Waals surface area contributed by atoms with Gasteiger partial charge in [-0.1, -0.05) is 66.7 Å². The number of carbonyl (C=O) groups is 1. The summed E-state index contributed by atoms with van der Waals surface area (Å²) in [6.07, 6.45) is 2.36. The highest BCUT2D eigenvalue weighted by Crippen LogP contribution is 2.23. The van der Waals surface area contributed by atoms with Crippen LogP contribution in [0.3, 0.4) is 0 Å². The molecular formula is C17H17NO. The van der Waals surface area contributed by atoms with Gasteiger partial charge >= 0.3 is 0 Å². The molecule has 0 aliphatic carbocycles. The van der Waals surface area contributed by atoms with Gasteiger partial charge in [-0.05, 0) is 16.7 Å². The molecule has 0 saturated heterocycles. The molecule has 1 N–H and O–H groups in total. The SMILES string of the molecule is CNC(=O)CC=C(c1ccccc1)c1ccccc1. The first-order chi connectivity index (χ1) is 9.31. The number of hydrogen-bond donors (Lipinski definition) is 1. The van der Waals surface area contributed by atoms with Crippen molar-refractivity contribution in [1.82, 2.24) is 5.32 Å². The molecule has 0 aliphatic rings. The van der Waals surface area contributed by atoms with Gasteiger partial charge in [-0.25, -0.2) is 0 Å². The molecule has 0 radical (unpaired) electrons. The van der Waals surface area contributed by atoms with Crippen molar-refractivity contribution in [2.24, 2.45) is 0 Å². The summed E-state index contributed by atoms with van der Waals surface area (Å²) in [5.74, 6) is 0.0179. The van der Waals surface area contributed by atoms with Crippen LogP contribution in [0.15, 0.2) is 66.7 Å². The molecule has 96 valence electrons. The molecule has 0 bridgehead atoms. The Kier molecular flexibility index (Phi) is 4.51. The fourth-order valence-electron chi connectivity index (χ4n) is 1.93. The second kappa shape index (κ2) is 6.55. The third-order valence-electron chi connectivity index (χ3n) is 2.94. The smallest absolute Gasteiger partial charge is 0.223 e. The van der Waals surface area contributed by atoms with Gasteiger partial charge in [0.15, 0.2) is 0 Å². The van der Waals surface area contributed by atoms with Crippen molar-refractivity contribution in [2.75, 3.05) is 7.05 Å². The molecule has 2 aromatic rings. The molecule has 1 amide bonds. The van der Waals surface area contributed by atoms with E-state index in [9.17, 15) is 4.79 Å². The first-order valence-corrected chi connectivity index (χ1v) is 6.33. The highest BCUT2D eigenvalue weighted by Gasteiger charge is 2.05. The van der Waals surface area contributed by atoms with E-state index in [2.05, 4.69) is 29.6 Å². The Bertz CT molecular complexity index is 517. The number of rotatable bonds is 4. The zero-order valence-electron chi connectivity index (χ0n) is 11.0. The molecule has 0 aromatic heterocycles. The lowest BCUT2D eigenvalue weighted by molar-refractivity contribution is -0.119. The van der Waals surface area contributed by atoms with Crippen molar-refractivity contribution >= 4 is 11.5 Å². The number of nitrogens with one attached hydrogen (secondary N) is 1. The van der Waals surface area contributed by atoms with Crippen LogP contribution in [0.1, 0.15) is 17.5 Å². The summed E-state index contributed by atoms with van der Waals surface area (Å²) in [6, 6.07) is 20.2. The first-order valence-electron chi connectivity index (χ1n) is 6.33. The number of benzene rings is 2. The predicted octanol–water partition coefficient (Wildman–Crippen LogP) is 3.25. The molecule has 2 rings (SSSR count). The second-order valence-corrected chi connectivity index (χ2v) is 4.23. The molecule has 2 nitrogen and oxygen atoms in total. The molecule has 0 fully saturated rings. The first kappa shape index (κ1) is 13.1. The van der Waals surface area contributed by atoms with E-state index in [1.807, 2.05) is 42.5 Å². The van der Waals surface area contributed by atoms with Crippen LogP contribution in [0, 0.1) is 0 Å². The van der Waals surface area contributed by atoms with Crippen LogP contribution in [-0.4, -0.2) is 13.0 Å². The zero-order valence-corrected chi connectivity index (χ0v) is 11.0. The quantitative estimate of drug-likeness (QED) is 0.888. The second-order valence-electron chi connectivity index (χ2n) is 4.23. The fourth-order valence-corrected chi connectivity index (χ4v) is 1.93. The lowest BCUT2D eigenvalue weighted by Crippen LogP contribution is -2.16. The summed E-state index contributed by atoms with van der Waals surface area (Å²) in [5, 5.41) is 2.64. The van der Waals surface area contributed by atoms with Gasteiger partial charge in [-0.2, -0.15) is 0 Å². The third kappa shape index (κ3) is 3.55. The molecular weight excluding hydrogens is 234 g/mol. The summed E-state index contributed by atoms with van der Waals surface area (Å²) in [7, 11) is 1.65. The van der Waals surface area contributed by atoms with Crippen molar-refractivity contribution in [1.29, 1.82) is 0 Å². The minimum absolute atomic E-state index is 0.0179. The fraction of sp³-hybridized carbons (Fsp3) is 0.118. The molecule has 0 spiro atoms. The standard InChI is InChI=1S/C17H17NO/c1-18-17(19)13-12-16(14-8-4-2-5-9-14)15-10-6-3-7-11-15/h2-12H,13H2,1H3,(H,18,19). The van der Waals surface area contributed by atoms with Crippen LogP contribution in [0.25, 0.3) is 5.57 Å². The third-order valence-corrected chi connectivity index (χ3v) is 2.94. The zero-order chi connectivity index (χ0) is 13.5. The molecule has 19 heavy (non-hydrogen) atoms. The van der Waals surface area contributed by atoms with Gasteiger partial charge in [0.05, 0.1) is 0 Å². The normalized spacial score (nSPS) is 9.74. The van der Waals surface area contributed by atoms with Gasteiger partial charge in [0.1, 0.15) is 0 Å². The van der Waals surface area contributed by atoms with E-state index in [0.717, 1.165) is 16.7 Å². The molecule has 0 unspecified atom stereocenters. The van der Waals surface area contributed by atoms with Crippen molar-refractivity contribution in [3.63, 3.8) is 0 Å². The van der Waals surface area contributed by atoms with Crippen LogP contribution in [-0.2, 0) is 4.79 Å². The Morgan fingerprint density at radius 3 is 1.84 bits per heavy atom. The van der Waals surface area contributed by atoms with E-state index in [0.29, 0.717) is 6.42 Å². The van der Waals surface area contributed by atoms with Gasteiger partial charge < -0.3 is 5.32 Å². The van der Waals surface area contributed by atoms with Crippen molar-refractivity contribution < 1.29 is 4.79 Å². The number of carbonyl (C=O) groups excluding carboxylic acids is 1. The van der Waals surface area contributed by atoms with E-state index in [-0.39, 0.29) is 5.91 Å². The van der Waals surface area contributed by atoms with Crippen LogP contribution in [0.2, 0.25) is 0 Å². The summed E-state index contributed by atoms with van der Waals surface area (Å²) in [6.45, 7) is 0. The Hall–Kier alpha value is -2.35. The lowest BCUT2D eigenvalue weighted by atomic mass is 9.97. The molecule has 0 saturated carbocycles. The van der Waals surface area contributed by atoms with Crippen LogP contribution in [0.4, 0.5) is 0 Å². The van der Waals surface area contributed by atoms with Gasteiger partial charge in [-0.3, -0.25) is 4.79 Å². The van der Waals surface area contributed by atoms with Crippen molar-refractivity contribution in [2.45, 2.75) is 6.42 Å². The molecule has 0 aliphatic heterocycles. The molecule has 2 aromatic carbocycles. The highest BCUT2D eigenvalue weighted by molar-refractivity contribution is 5.84. The van der Waals surface area contributed by atoms with E-state index >= 15 is 0 Å². The van der Waals surface area contributed by atoms with Gasteiger partial charge in [-0.15, -0.1) is 0 Å². The van der Waals surface area contributed by atoms with Gasteiger partial charge in [0.2, 0.25) is 5.91 Å². The Balaban J connectivity index is 2.37. The van der Waals surface area contributed by atoms with E-state index in [4.69, 9.17) is 0 Å². The monoisotopic (exact) mass is 251 g/mol. The Morgan fingerprint density at radius 2 is 1.42 bits per heavy atom. The number of amides is 1. The van der Waals surface area contributed by atoms with E-state index in [1.54, 1.807) is 7.05 Å². The largest absolute Gasteiger partial charge is 0.359 e. The van der Waals surface area contributed by atoms with Gasteiger partial charge in [0.25, 0.3) is 0 Å². The Morgan fingerprint density at radius 1 is 0.947 bits per heavy atom. The molecule has 0 atom stereocenters. The summed E-state index contributed by atoms with van der Waals surface area (Å²) in [4.78, 5) is 11.4. The highest BCUT2D eigenvalue weighted by atomic mass is 16.1. The van der Waals surface area contributed by atoms with E-state index < -0.39 is 0 Å². The molecule has 0 heterocycles. The van der Waals surface area contributed by atoms with Crippen LogP contribution in [0.5, 0.6) is 0 Å². The van der Waals surface area contributed by atoms with E-state index in [1.165, 1.54) is 0 Å². The number of hydrogen-bond acceptors (Lipinski definition) is 1. The predicted molar refractivity (Wildman–Crippen MR) is 78.6 cm³/mol. The van der Waals surface area contributed by atoms with Crippen molar-refractivity contribution in [3.05, 3.63) is 77.9 Å². The maximum atomic E-state index is 11.4. The maximum absolute atomic E-state index is 11.4. The van der Waals surface area contributed by atoms with Crippen LogP contribution < -0.4 is 5.32 Å². The summed E-state index contributed by atoms with van der Waals surface area (Å²) >= 11 is 0. The summed E-state index contributed by atoms with van der Waals surface area (Å²) < 4.78 is 0. The van der Waals surface area contributed by atoms with Crippen LogP contribution >= 0.6 is 0 Å². The lowest BCUT2D eigenvalue weighted by Gasteiger charge is -2.08. The maximum Gasteiger partial charge on any atom is 0.223 e. The average Bonchev–Trinajstić information content (AvgIpc) is 2.49. The molecule has 2 heteroatoms. The topological polar surface area (TPSA) is 29.1 Å². The minimum atomic E-state index is 0.0179.